The Labute approximate surface area is 538 Å². The van der Waals surface area contributed by atoms with E-state index in [1.165, 1.54) is 116 Å². The van der Waals surface area contributed by atoms with Crippen molar-refractivity contribution < 1.29 is 49.3 Å². The fourth-order valence-electron chi connectivity index (χ4n) is 10.5. The Kier molecular flexibility index (Phi) is 59.0. The van der Waals surface area contributed by atoms with Crippen LogP contribution < -0.4 is 5.32 Å². The number of unbranched alkanes of at least 4 members (excludes halogenated alkanes) is 28. The number of carbonyl (C=O) groups is 2. The second-order valence-electron chi connectivity index (χ2n) is 24.2. The molecule has 1 saturated heterocycles. The summed E-state index contributed by atoms with van der Waals surface area (Å²) in [6.07, 6.45) is 78.0. The summed E-state index contributed by atoms with van der Waals surface area (Å²) in [6, 6.07) is -1.04. The van der Waals surface area contributed by atoms with Crippen molar-refractivity contribution in [3.8, 4) is 0 Å². The molecule has 1 fully saturated rings. The van der Waals surface area contributed by atoms with Crippen molar-refractivity contribution in [1.82, 2.24) is 5.32 Å². The van der Waals surface area contributed by atoms with E-state index in [-0.39, 0.29) is 19.4 Å². The van der Waals surface area contributed by atoms with Gasteiger partial charge in [0.1, 0.15) is 24.4 Å². The zero-order valence-corrected chi connectivity index (χ0v) is 56.1. The molecule has 0 aromatic carbocycles. The molecule has 0 aromatic heterocycles. The number of ether oxygens (including phenoxy) is 3. The van der Waals surface area contributed by atoms with Crippen LogP contribution in [0.2, 0.25) is 0 Å². The maximum atomic E-state index is 13.5. The number of hydrogen-bond donors (Lipinski definition) is 6. The minimum Gasteiger partial charge on any atom is -0.454 e. The smallest absolute Gasteiger partial charge is 0.306 e. The molecule has 0 bridgehead atoms. The first-order valence-corrected chi connectivity index (χ1v) is 35.8. The molecule has 1 aliphatic rings. The lowest BCUT2D eigenvalue weighted by atomic mass is 9.99. The van der Waals surface area contributed by atoms with Gasteiger partial charge in [0.2, 0.25) is 5.91 Å². The van der Waals surface area contributed by atoms with Gasteiger partial charge in [-0.25, -0.2) is 0 Å². The van der Waals surface area contributed by atoms with Crippen molar-refractivity contribution in [3.05, 3.63) is 122 Å². The SMILES string of the molecule is CC/C=C\C/C=C\C/C=C\C/C=C\C/C=C\CCCCCCC(O)C(=O)NC(COC1OC(CO)C(O)C(O)C1OC(=O)CCCCCCCCCCCCC/C=C\C/C=C\C/C=C\C/C=C\CCCCC)C(O)/C=C/CCCCCCCCCCCC. The van der Waals surface area contributed by atoms with Crippen LogP contribution >= 0.6 is 0 Å². The average molecular weight is 1230 g/mol. The predicted molar refractivity (Wildman–Crippen MR) is 370 cm³/mol. The highest BCUT2D eigenvalue weighted by molar-refractivity contribution is 5.80. The first kappa shape index (κ1) is 82.1. The van der Waals surface area contributed by atoms with Crippen LogP contribution in [0.5, 0.6) is 0 Å². The Morgan fingerprint density at radius 1 is 0.455 bits per heavy atom. The minimum absolute atomic E-state index is 0.111. The molecule has 0 aliphatic carbocycles. The van der Waals surface area contributed by atoms with Crippen molar-refractivity contribution in [2.24, 2.45) is 0 Å². The first-order valence-electron chi connectivity index (χ1n) is 35.8. The fraction of sp³-hybridized carbons (Fsp3) is 0.714. The van der Waals surface area contributed by atoms with Gasteiger partial charge < -0.3 is 45.1 Å². The van der Waals surface area contributed by atoms with Crippen molar-refractivity contribution in [2.45, 2.75) is 339 Å². The van der Waals surface area contributed by atoms with E-state index in [4.69, 9.17) is 14.2 Å². The van der Waals surface area contributed by atoms with Crippen LogP contribution in [-0.4, -0.2) is 99.6 Å². The maximum Gasteiger partial charge on any atom is 0.306 e. The summed E-state index contributed by atoms with van der Waals surface area (Å²) in [6.45, 7) is 5.65. The van der Waals surface area contributed by atoms with Gasteiger partial charge in [-0.3, -0.25) is 9.59 Å². The van der Waals surface area contributed by atoms with Gasteiger partial charge in [-0.05, 0) is 116 Å². The summed E-state index contributed by atoms with van der Waals surface area (Å²) < 4.78 is 17.7. The molecule has 11 heteroatoms. The van der Waals surface area contributed by atoms with Gasteiger partial charge in [-0.15, -0.1) is 0 Å². The van der Waals surface area contributed by atoms with E-state index in [1.807, 2.05) is 6.08 Å². The number of allylic oxidation sites excluding steroid dienone is 19. The largest absolute Gasteiger partial charge is 0.454 e. The van der Waals surface area contributed by atoms with Crippen LogP contribution in [0.25, 0.3) is 0 Å². The van der Waals surface area contributed by atoms with Crippen LogP contribution in [0.1, 0.15) is 290 Å². The molecular weight excluding hydrogens is 1100 g/mol. The van der Waals surface area contributed by atoms with Crippen LogP contribution in [0.4, 0.5) is 0 Å². The molecule has 0 radical (unpaired) electrons. The van der Waals surface area contributed by atoms with E-state index in [0.717, 1.165) is 128 Å². The Morgan fingerprint density at radius 3 is 1.25 bits per heavy atom. The molecule has 1 rings (SSSR count). The molecule has 8 unspecified atom stereocenters. The molecule has 504 valence electrons. The summed E-state index contributed by atoms with van der Waals surface area (Å²) in [5.74, 6) is -1.22. The van der Waals surface area contributed by atoms with E-state index in [1.54, 1.807) is 6.08 Å². The topological polar surface area (TPSA) is 175 Å². The molecule has 88 heavy (non-hydrogen) atoms. The minimum atomic E-state index is -1.63. The fourth-order valence-corrected chi connectivity index (χ4v) is 10.5. The third kappa shape index (κ3) is 49.8. The molecule has 1 heterocycles. The quantitative estimate of drug-likeness (QED) is 0.0195. The summed E-state index contributed by atoms with van der Waals surface area (Å²) >= 11 is 0. The Balaban J connectivity index is 2.58. The molecule has 1 amide bonds. The van der Waals surface area contributed by atoms with Gasteiger partial charge in [-0.1, -0.05) is 290 Å². The highest BCUT2D eigenvalue weighted by Crippen LogP contribution is 2.26. The number of nitrogens with one attached hydrogen (secondary N) is 1. The van der Waals surface area contributed by atoms with Crippen LogP contribution in [-0.2, 0) is 23.8 Å². The van der Waals surface area contributed by atoms with Crippen molar-refractivity contribution >= 4 is 11.9 Å². The van der Waals surface area contributed by atoms with E-state index in [0.29, 0.717) is 12.8 Å². The highest BCUT2D eigenvalue weighted by atomic mass is 16.7. The number of esters is 1. The third-order valence-electron chi connectivity index (χ3n) is 16.1. The Morgan fingerprint density at radius 2 is 0.818 bits per heavy atom. The first-order chi connectivity index (χ1) is 43.2. The standard InChI is InChI=1S/C77H131NO10/c1-4-7-10-13-16-19-22-25-27-29-31-33-34-35-36-37-38-39-41-43-45-47-50-53-56-59-62-65-72(82)88-75-74(84)73(83)71(66-79)87-77(75)86-67-68(69(80)63-60-57-54-51-48-24-21-18-15-12-9-6-3)78-76(85)70(81)64-61-58-55-52-49-46-44-42-40-32-30-28-26-23-20-17-14-11-8-5-2/h8,11,16-17,19-20,25-28,31-33,35-36,40,44,46,60,63,68-71,73-75,77,79-81,83-84H,4-7,9-10,12-15,18,21-24,29-30,34,37-39,41-43,45,47-59,61-62,64-67H2,1-3H3,(H,78,85)/b11-8-,19-16-,20-17-,27-25-,28-26-,33-31-,36-35-,40-32-,46-44-,63-60+. The van der Waals surface area contributed by atoms with Gasteiger partial charge in [0, 0.05) is 6.42 Å². The van der Waals surface area contributed by atoms with Crippen LogP contribution in [0.3, 0.4) is 0 Å². The van der Waals surface area contributed by atoms with Gasteiger partial charge in [0.15, 0.2) is 12.4 Å². The third-order valence-corrected chi connectivity index (χ3v) is 16.1. The lowest BCUT2D eigenvalue weighted by Gasteiger charge is -2.41. The van der Waals surface area contributed by atoms with Gasteiger partial charge in [0.25, 0.3) is 0 Å². The van der Waals surface area contributed by atoms with Crippen LogP contribution in [0.15, 0.2) is 122 Å². The summed E-state index contributed by atoms with van der Waals surface area (Å²) in [5.41, 5.74) is 0. The number of amides is 1. The lowest BCUT2D eigenvalue weighted by molar-refractivity contribution is -0.305. The highest BCUT2D eigenvalue weighted by Gasteiger charge is 2.47. The summed E-state index contributed by atoms with van der Waals surface area (Å²) in [7, 11) is 0. The van der Waals surface area contributed by atoms with Gasteiger partial charge >= 0.3 is 5.97 Å². The van der Waals surface area contributed by atoms with Crippen molar-refractivity contribution in [3.63, 3.8) is 0 Å². The van der Waals surface area contributed by atoms with E-state index in [2.05, 4.69) is 135 Å². The van der Waals surface area contributed by atoms with Gasteiger partial charge in [-0.2, -0.15) is 0 Å². The average Bonchev–Trinajstić information content (AvgIpc) is 2.78. The molecular formula is C77H131NO10. The second-order valence-corrected chi connectivity index (χ2v) is 24.2. The number of aliphatic hydroxyl groups excluding tert-OH is 5. The second kappa shape index (κ2) is 63.2. The Hall–Kier alpha value is -3.94. The monoisotopic (exact) mass is 1230 g/mol. The molecule has 11 nitrogen and oxygen atoms in total. The number of rotatable bonds is 60. The normalized spacial score (nSPS) is 18.9. The molecule has 1 aliphatic heterocycles. The van der Waals surface area contributed by atoms with Crippen molar-refractivity contribution in [1.29, 1.82) is 0 Å². The molecule has 0 aromatic rings. The molecule has 0 spiro atoms. The lowest BCUT2D eigenvalue weighted by Crippen LogP contribution is -2.61. The zero-order valence-electron chi connectivity index (χ0n) is 56.1. The van der Waals surface area contributed by atoms with Crippen molar-refractivity contribution in [2.75, 3.05) is 13.2 Å². The predicted octanol–water partition coefficient (Wildman–Crippen LogP) is 18.6. The number of hydrogen-bond acceptors (Lipinski definition) is 10. The maximum absolute atomic E-state index is 13.5. The number of aliphatic hydroxyl groups is 5. The van der Waals surface area contributed by atoms with E-state index >= 15 is 0 Å². The molecule has 6 N–H and O–H groups in total. The van der Waals surface area contributed by atoms with E-state index in [9.17, 15) is 35.1 Å². The number of carbonyl (C=O) groups excluding carboxylic acids is 2. The Bertz CT molecular complexity index is 1900. The van der Waals surface area contributed by atoms with Crippen LogP contribution in [0, 0.1) is 0 Å². The van der Waals surface area contributed by atoms with E-state index < -0.39 is 67.4 Å². The zero-order chi connectivity index (χ0) is 63.9. The van der Waals surface area contributed by atoms with Gasteiger partial charge in [0.05, 0.1) is 25.4 Å². The summed E-state index contributed by atoms with van der Waals surface area (Å²) in [5, 5.41) is 57.2. The molecule has 0 saturated carbocycles. The molecule has 8 atom stereocenters. The summed E-state index contributed by atoms with van der Waals surface area (Å²) in [4.78, 5) is 26.7.